The molecule has 3 rings (SSSR count). The van der Waals surface area contributed by atoms with Crippen molar-refractivity contribution in [2.45, 2.75) is 0 Å². The van der Waals surface area contributed by atoms with E-state index in [4.69, 9.17) is 15.6 Å². The zero-order chi connectivity index (χ0) is 11.1. The summed E-state index contributed by atoms with van der Waals surface area (Å²) in [4.78, 5) is 4.42. The first kappa shape index (κ1) is 8.91. The third-order valence-electron chi connectivity index (χ3n) is 2.46. The molecule has 0 unspecified atom stereocenters. The van der Waals surface area contributed by atoms with Crippen molar-refractivity contribution in [1.82, 2.24) is 4.98 Å². The van der Waals surface area contributed by atoms with Gasteiger partial charge in [0.2, 0.25) is 0 Å². The van der Waals surface area contributed by atoms with Crippen LogP contribution < -0.4 is 11.1 Å². The molecule has 2 aliphatic rings. The van der Waals surface area contributed by atoms with E-state index in [1.54, 1.807) is 12.1 Å². The normalized spacial score (nSPS) is 11.0. The molecule has 0 spiro atoms. The predicted molar refractivity (Wildman–Crippen MR) is 60.9 cm³/mol. The van der Waals surface area contributed by atoms with E-state index in [1.165, 1.54) is 0 Å². The predicted octanol–water partition coefficient (Wildman–Crippen LogP) is 1.99. The van der Waals surface area contributed by atoms with Crippen molar-refractivity contribution in [3.63, 3.8) is 0 Å². The zero-order valence-corrected chi connectivity index (χ0v) is 8.40. The molecule has 0 fully saturated rings. The first-order valence-electron chi connectivity index (χ1n) is 4.88. The highest BCUT2D eigenvalue weighted by Gasteiger charge is 2.09. The second-order valence-corrected chi connectivity index (χ2v) is 3.59. The maximum atomic E-state index is 7.60. The Morgan fingerprint density at radius 2 is 2.00 bits per heavy atom. The fraction of sp³-hybridized carbons (Fsp3) is 0. The van der Waals surface area contributed by atoms with Crippen LogP contribution in [0.4, 0.5) is 5.69 Å². The van der Waals surface area contributed by atoms with Gasteiger partial charge in [0.25, 0.3) is 0 Å². The molecule has 0 saturated heterocycles. The summed E-state index contributed by atoms with van der Waals surface area (Å²) in [6, 6.07) is 10.8. The van der Waals surface area contributed by atoms with Gasteiger partial charge in [-0.2, -0.15) is 0 Å². The van der Waals surface area contributed by atoms with Crippen LogP contribution in [0.1, 0.15) is 0 Å². The van der Waals surface area contributed by atoms with Crippen LogP contribution in [0.3, 0.4) is 0 Å². The van der Waals surface area contributed by atoms with Crippen molar-refractivity contribution in [2.24, 2.45) is 0 Å². The van der Waals surface area contributed by atoms with Crippen LogP contribution in [0.2, 0.25) is 0 Å². The minimum Gasteiger partial charge on any atom is -0.453 e. The van der Waals surface area contributed by atoms with Gasteiger partial charge in [0.1, 0.15) is 11.2 Å². The highest BCUT2D eigenvalue weighted by Crippen LogP contribution is 2.24. The van der Waals surface area contributed by atoms with Gasteiger partial charge in [-0.15, -0.1) is 0 Å². The summed E-state index contributed by atoms with van der Waals surface area (Å²) in [7, 11) is 0. The highest BCUT2D eigenvalue weighted by atomic mass is 16.3. The van der Waals surface area contributed by atoms with Crippen molar-refractivity contribution in [3.05, 3.63) is 41.8 Å². The number of nitrogens with one attached hydrogen (secondary N) is 1. The second-order valence-electron chi connectivity index (χ2n) is 3.59. The van der Waals surface area contributed by atoms with Gasteiger partial charge in [0.05, 0.1) is 11.0 Å². The van der Waals surface area contributed by atoms with E-state index >= 15 is 0 Å². The van der Waals surface area contributed by atoms with Crippen molar-refractivity contribution in [2.75, 3.05) is 5.73 Å². The summed E-state index contributed by atoms with van der Waals surface area (Å²) in [5.74, 6) is 0.581. The molecule has 4 nitrogen and oxygen atoms in total. The van der Waals surface area contributed by atoms with Crippen LogP contribution in [-0.4, -0.2) is 4.98 Å². The first-order valence-corrected chi connectivity index (χ1v) is 4.88. The Morgan fingerprint density at radius 1 is 1.19 bits per heavy atom. The second kappa shape index (κ2) is 3.06. The Morgan fingerprint density at radius 3 is 2.88 bits per heavy atom. The SMILES string of the molecule is N=c1cc2oc3ccccc3nc-2cc1N. The van der Waals surface area contributed by atoms with E-state index in [0.717, 1.165) is 5.52 Å². The number of aromatic nitrogens is 1. The lowest BCUT2D eigenvalue weighted by Gasteiger charge is -2.06. The molecule has 0 amide bonds. The fourth-order valence-corrected chi connectivity index (χ4v) is 1.64. The molecule has 1 aliphatic carbocycles. The first-order chi connectivity index (χ1) is 7.74. The maximum absolute atomic E-state index is 7.60. The molecule has 1 aromatic carbocycles. The zero-order valence-electron chi connectivity index (χ0n) is 8.40. The molecule has 0 atom stereocenters. The Kier molecular flexibility index (Phi) is 1.71. The lowest BCUT2D eigenvalue weighted by atomic mass is 10.2. The molecule has 1 aliphatic heterocycles. The monoisotopic (exact) mass is 211 g/mol. The number of nitrogens with two attached hydrogens (primary N) is 1. The number of nitrogen functional groups attached to an aromatic ring is 1. The molecule has 1 heterocycles. The Bertz CT molecular complexity index is 702. The van der Waals surface area contributed by atoms with Crippen LogP contribution in [0, 0.1) is 5.41 Å². The van der Waals surface area contributed by atoms with Crippen molar-refractivity contribution in [3.8, 4) is 11.5 Å². The van der Waals surface area contributed by atoms with Crippen LogP contribution in [-0.2, 0) is 0 Å². The fourth-order valence-electron chi connectivity index (χ4n) is 1.64. The van der Waals surface area contributed by atoms with Crippen molar-refractivity contribution < 1.29 is 4.42 Å². The number of rotatable bonds is 0. The standard InChI is InChI=1S/C12H9N3O/c13-7-5-10-12(6-8(7)14)16-11-4-2-1-3-9(11)15-10/h1-6,14H,13H2. The minimum atomic E-state index is 0.258. The van der Waals surface area contributed by atoms with Gasteiger partial charge in [-0.05, 0) is 18.2 Å². The Hall–Kier alpha value is -2.36. The Labute approximate surface area is 91.2 Å². The molecule has 78 valence electrons. The quantitative estimate of drug-likeness (QED) is 0.441. The summed E-state index contributed by atoms with van der Waals surface area (Å²) >= 11 is 0. The molecule has 0 saturated carbocycles. The average molecular weight is 211 g/mol. The van der Waals surface area contributed by atoms with Gasteiger partial charge in [-0.3, -0.25) is 5.41 Å². The lowest BCUT2D eigenvalue weighted by Crippen LogP contribution is -2.08. The number of fused-ring (bicyclic) bond motifs is 2. The van der Waals surface area contributed by atoms with Gasteiger partial charge in [-0.1, -0.05) is 12.1 Å². The number of benzene rings is 2. The van der Waals surface area contributed by atoms with Crippen LogP contribution in [0.15, 0.2) is 40.8 Å². The summed E-state index contributed by atoms with van der Waals surface area (Å²) < 4.78 is 5.64. The molecule has 1 aromatic rings. The van der Waals surface area contributed by atoms with Gasteiger partial charge >= 0.3 is 0 Å². The van der Waals surface area contributed by atoms with E-state index in [1.807, 2.05) is 24.3 Å². The highest BCUT2D eigenvalue weighted by molar-refractivity contribution is 5.76. The summed E-state index contributed by atoms with van der Waals surface area (Å²) in [5, 5.41) is 7.85. The van der Waals surface area contributed by atoms with E-state index in [0.29, 0.717) is 22.7 Å². The van der Waals surface area contributed by atoms with Gasteiger partial charge in [0.15, 0.2) is 11.3 Å². The van der Waals surface area contributed by atoms with Gasteiger partial charge in [-0.25, -0.2) is 4.98 Å². The minimum absolute atomic E-state index is 0.258. The average Bonchev–Trinajstić information content (AvgIpc) is 2.28. The molecule has 3 N–H and O–H groups in total. The van der Waals surface area contributed by atoms with Crippen LogP contribution >= 0.6 is 0 Å². The number of nitrogens with zero attached hydrogens (tertiary/aromatic N) is 1. The van der Waals surface area contributed by atoms with Gasteiger partial charge in [0, 0.05) is 6.07 Å². The molecule has 0 bridgehead atoms. The molecule has 0 radical (unpaired) electrons. The number of hydrogen-bond donors (Lipinski definition) is 2. The smallest absolute Gasteiger partial charge is 0.155 e. The number of para-hydroxylation sites is 2. The third kappa shape index (κ3) is 1.24. The molecule has 0 aromatic heterocycles. The molecular formula is C12H9N3O. The van der Waals surface area contributed by atoms with Gasteiger partial charge < -0.3 is 10.2 Å². The number of hydrogen-bond acceptors (Lipinski definition) is 4. The topological polar surface area (TPSA) is 75.9 Å². The third-order valence-corrected chi connectivity index (χ3v) is 2.46. The van der Waals surface area contributed by atoms with Crippen LogP contribution in [0.25, 0.3) is 22.6 Å². The maximum Gasteiger partial charge on any atom is 0.155 e. The molecule has 4 heteroatoms. The number of anilines is 1. The van der Waals surface area contributed by atoms with Crippen molar-refractivity contribution >= 4 is 16.8 Å². The lowest BCUT2D eigenvalue weighted by molar-refractivity contribution is 0.612. The molecular weight excluding hydrogens is 202 g/mol. The molecule has 16 heavy (non-hydrogen) atoms. The summed E-state index contributed by atoms with van der Waals surface area (Å²) in [6.45, 7) is 0. The largest absolute Gasteiger partial charge is 0.453 e. The summed E-state index contributed by atoms with van der Waals surface area (Å²) in [5.41, 5.74) is 8.23. The summed E-state index contributed by atoms with van der Waals surface area (Å²) in [6.07, 6.45) is 0. The van der Waals surface area contributed by atoms with E-state index in [2.05, 4.69) is 4.98 Å². The van der Waals surface area contributed by atoms with E-state index < -0.39 is 0 Å². The Balaban J connectivity index is 2.48. The van der Waals surface area contributed by atoms with Crippen molar-refractivity contribution in [1.29, 1.82) is 5.41 Å². The van der Waals surface area contributed by atoms with Crippen LogP contribution in [0.5, 0.6) is 0 Å². The van der Waals surface area contributed by atoms with E-state index in [9.17, 15) is 0 Å². The van der Waals surface area contributed by atoms with E-state index in [-0.39, 0.29) is 5.36 Å².